The van der Waals surface area contributed by atoms with Crippen molar-refractivity contribution in [1.82, 2.24) is 15.1 Å². The molecule has 0 bridgehead atoms. The largest absolute Gasteiger partial charge is 0.412 e. The van der Waals surface area contributed by atoms with Gasteiger partial charge >= 0.3 is 6.09 Å². The summed E-state index contributed by atoms with van der Waals surface area (Å²) >= 11 is 0. The van der Waals surface area contributed by atoms with E-state index in [0.717, 1.165) is 33.8 Å². The molecule has 4 rings (SSSR count). The second kappa shape index (κ2) is 10.0. The smallest absolute Gasteiger partial charge is 0.410 e. The molecule has 0 aliphatic rings. The van der Waals surface area contributed by atoms with Crippen LogP contribution in [0, 0.1) is 13.8 Å². The molecular weight excluding hydrogens is 428 g/mol. The molecule has 4 aromatic rings. The fourth-order valence-electron chi connectivity index (χ4n) is 3.88. The minimum absolute atomic E-state index is 0.456. The normalized spacial score (nSPS) is 10.6. The van der Waals surface area contributed by atoms with Crippen LogP contribution in [0.1, 0.15) is 27.3 Å². The Balaban J connectivity index is 1.42. The minimum Gasteiger partial charge on any atom is -0.410 e. The number of amides is 2. The summed E-state index contributed by atoms with van der Waals surface area (Å²) < 4.78 is 7.12. The van der Waals surface area contributed by atoms with E-state index in [1.165, 1.54) is 0 Å². The number of ether oxygens (including phenoxy) is 1. The molecule has 0 unspecified atom stereocenters. The summed E-state index contributed by atoms with van der Waals surface area (Å²) in [6, 6.07) is 24.3. The number of nitrogens with one attached hydrogen (secondary N) is 1. The number of rotatable bonds is 7. The molecule has 0 spiro atoms. The first-order chi connectivity index (χ1) is 16.4. The minimum atomic E-state index is -0.474. The van der Waals surface area contributed by atoms with Gasteiger partial charge in [0.15, 0.2) is 0 Å². The number of carbonyl (C=O) groups is 2. The Morgan fingerprint density at radius 1 is 0.971 bits per heavy atom. The number of carbonyl (C=O) groups excluding carboxylic acids is 2. The molecule has 0 aliphatic carbocycles. The molecule has 3 aromatic carbocycles. The number of hydrogen-bond donors (Lipinski definition) is 2. The van der Waals surface area contributed by atoms with Gasteiger partial charge in [0, 0.05) is 23.4 Å². The van der Waals surface area contributed by atoms with E-state index < -0.39 is 12.0 Å². The lowest BCUT2D eigenvalue weighted by molar-refractivity contribution is 0.1000. The molecule has 7 nitrogen and oxygen atoms in total. The average molecular weight is 455 g/mol. The Morgan fingerprint density at radius 3 is 2.41 bits per heavy atom. The van der Waals surface area contributed by atoms with Gasteiger partial charge in [-0.05, 0) is 67.8 Å². The standard InChI is InChI=1S/C27H26N4O3/c1-18-25(21-7-6-8-22(17-21)26(28)32)19(2)31(30-18)23-13-11-20(12-14-23)15-16-29-27(33)34-24-9-4-3-5-10-24/h3-14,17H,15-16H2,1-2H3,(H2,28,32)(H,29,33). The molecule has 7 heteroatoms. The first-order valence-electron chi connectivity index (χ1n) is 11.0. The third-order valence-electron chi connectivity index (χ3n) is 5.54. The molecular formula is C27H26N4O3. The second-order valence-corrected chi connectivity index (χ2v) is 7.95. The van der Waals surface area contributed by atoms with Crippen molar-refractivity contribution in [3.63, 3.8) is 0 Å². The molecule has 1 aromatic heterocycles. The molecule has 0 fully saturated rings. The van der Waals surface area contributed by atoms with Crippen LogP contribution in [-0.2, 0) is 6.42 Å². The van der Waals surface area contributed by atoms with Gasteiger partial charge in [-0.25, -0.2) is 9.48 Å². The molecule has 172 valence electrons. The molecule has 0 saturated heterocycles. The van der Waals surface area contributed by atoms with Crippen molar-refractivity contribution in [1.29, 1.82) is 0 Å². The highest BCUT2D eigenvalue weighted by molar-refractivity contribution is 5.94. The number of para-hydroxylation sites is 1. The quantitative estimate of drug-likeness (QED) is 0.427. The van der Waals surface area contributed by atoms with Gasteiger partial charge < -0.3 is 15.8 Å². The first-order valence-corrected chi connectivity index (χ1v) is 11.0. The van der Waals surface area contributed by atoms with Gasteiger partial charge in [-0.1, -0.05) is 42.5 Å². The van der Waals surface area contributed by atoms with Crippen molar-refractivity contribution in [2.45, 2.75) is 20.3 Å². The zero-order valence-electron chi connectivity index (χ0n) is 19.1. The number of nitrogens with two attached hydrogens (primary N) is 1. The van der Waals surface area contributed by atoms with Crippen molar-refractivity contribution in [3.8, 4) is 22.6 Å². The van der Waals surface area contributed by atoms with E-state index >= 15 is 0 Å². The molecule has 1 heterocycles. The SMILES string of the molecule is Cc1nn(-c2ccc(CCNC(=O)Oc3ccccc3)cc2)c(C)c1-c1cccc(C(N)=O)c1. The summed E-state index contributed by atoms with van der Waals surface area (Å²) in [5, 5.41) is 7.48. The van der Waals surface area contributed by atoms with Gasteiger partial charge in [-0.15, -0.1) is 0 Å². The first kappa shape index (κ1) is 22.8. The summed E-state index contributed by atoms with van der Waals surface area (Å²) in [5.74, 6) is 0.0536. The van der Waals surface area contributed by atoms with Gasteiger partial charge in [0.25, 0.3) is 0 Å². The summed E-state index contributed by atoms with van der Waals surface area (Å²) in [7, 11) is 0. The summed E-state index contributed by atoms with van der Waals surface area (Å²) in [6.07, 6.45) is 0.199. The molecule has 3 N–H and O–H groups in total. The highest BCUT2D eigenvalue weighted by atomic mass is 16.6. The molecule has 0 radical (unpaired) electrons. The topological polar surface area (TPSA) is 99.2 Å². The number of nitrogens with zero attached hydrogens (tertiary/aromatic N) is 2. The Bertz CT molecular complexity index is 1310. The zero-order chi connectivity index (χ0) is 24.1. The van der Waals surface area contributed by atoms with Crippen molar-refractivity contribution in [3.05, 3.63) is 101 Å². The van der Waals surface area contributed by atoms with Crippen molar-refractivity contribution < 1.29 is 14.3 Å². The van der Waals surface area contributed by atoms with Gasteiger partial charge in [0.05, 0.1) is 11.4 Å². The monoisotopic (exact) mass is 454 g/mol. The van der Waals surface area contributed by atoms with Gasteiger partial charge in [0.2, 0.25) is 5.91 Å². The molecule has 0 atom stereocenters. The van der Waals surface area contributed by atoms with Crippen LogP contribution in [0.15, 0.2) is 78.9 Å². The maximum atomic E-state index is 11.9. The fourth-order valence-corrected chi connectivity index (χ4v) is 3.88. The van der Waals surface area contributed by atoms with Crippen LogP contribution in [0.4, 0.5) is 4.79 Å². The zero-order valence-corrected chi connectivity index (χ0v) is 19.1. The fraction of sp³-hybridized carbons (Fsp3) is 0.148. The van der Waals surface area contributed by atoms with E-state index in [1.54, 1.807) is 24.3 Å². The third kappa shape index (κ3) is 5.15. The van der Waals surface area contributed by atoms with Crippen LogP contribution in [0.25, 0.3) is 16.8 Å². The molecule has 0 saturated carbocycles. The lowest BCUT2D eigenvalue weighted by atomic mass is 10.0. The number of hydrogen-bond acceptors (Lipinski definition) is 4. The van der Waals surface area contributed by atoms with Gasteiger partial charge in [0.1, 0.15) is 5.75 Å². The third-order valence-corrected chi connectivity index (χ3v) is 5.54. The second-order valence-electron chi connectivity index (χ2n) is 7.95. The lowest BCUT2D eigenvalue weighted by Gasteiger charge is -2.09. The van der Waals surface area contributed by atoms with Crippen LogP contribution in [-0.4, -0.2) is 28.3 Å². The summed E-state index contributed by atoms with van der Waals surface area (Å²) in [4.78, 5) is 23.5. The van der Waals surface area contributed by atoms with E-state index in [4.69, 9.17) is 15.6 Å². The molecule has 34 heavy (non-hydrogen) atoms. The van der Waals surface area contributed by atoms with Crippen LogP contribution in [0.5, 0.6) is 5.75 Å². The molecule has 0 aliphatic heterocycles. The van der Waals surface area contributed by atoms with E-state index in [1.807, 2.05) is 73.1 Å². The van der Waals surface area contributed by atoms with E-state index in [0.29, 0.717) is 24.3 Å². The van der Waals surface area contributed by atoms with Crippen molar-refractivity contribution >= 4 is 12.0 Å². The van der Waals surface area contributed by atoms with Crippen LogP contribution >= 0.6 is 0 Å². The Kier molecular flexibility index (Phi) is 6.73. The maximum absolute atomic E-state index is 11.9. The maximum Gasteiger partial charge on any atom is 0.412 e. The molecule has 2 amide bonds. The number of aromatic nitrogens is 2. The Hall–Kier alpha value is -4.39. The lowest BCUT2D eigenvalue weighted by Crippen LogP contribution is -2.28. The van der Waals surface area contributed by atoms with Crippen LogP contribution in [0.3, 0.4) is 0 Å². The van der Waals surface area contributed by atoms with Crippen molar-refractivity contribution in [2.75, 3.05) is 6.54 Å². The Morgan fingerprint density at radius 2 is 1.71 bits per heavy atom. The summed E-state index contributed by atoms with van der Waals surface area (Å²) in [6.45, 7) is 4.41. The predicted molar refractivity (Wildman–Crippen MR) is 131 cm³/mol. The van der Waals surface area contributed by atoms with Crippen molar-refractivity contribution in [2.24, 2.45) is 5.73 Å². The van der Waals surface area contributed by atoms with Gasteiger partial charge in [-0.3, -0.25) is 4.79 Å². The average Bonchev–Trinajstić information content (AvgIpc) is 3.14. The summed E-state index contributed by atoms with van der Waals surface area (Å²) in [5.41, 5.74) is 11.6. The highest BCUT2D eigenvalue weighted by Gasteiger charge is 2.15. The van der Waals surface area contributed by atoms with E-state index in [-0.39, 0.29) is 0 Å². The highest BCUT2D eigenvalue weighted by Crippen LogP contribution is 2.29. The van der Waals surface area contributed by atoms with E-state index in [9.17, 15) is 9.59 Å². The Labute approximate surface area is 198 Å². The van der Waals surface area contributed by atoms with E-state index in [2.05, 4.69) is 5.32 Å². The van der Waals surface area contributed by atoms with Crippen LogP contribution in [0.2, 0.25) is 0 Å². The number of primary amides is 1. The van der Waals surface area contributed by atoms with Gasteiger partial charge in [-0.2, -0.15) is 5.10 Å². The predicted octanol–water partition coefficient (Wildman–Crippen LogP) is 4.59. The number of aryl methyl sites for hydroxylation is 1. The number of benzene rings is 3. The van der Waals surface area contributed by atoms with Crippen LogP contribution < -0.4 is 15.8 Å².